The second-order valence-corrected chi connectivity index (χ2v) is 6.49. The highest BCUT2D eigenvalue weighted by molar-refractivity contribution is 5.67. The summed E-state index contributed by atoms with van der Waals surface area (Å²) in [6, 6.07) is 7.96. The van der Waals surface area contributed by atoms with Gasteiger partial charge in [0.15, 0.2) is 0 Å². The first-order chi connectivity index (χ1) is 14.3. The van der Waals surface area contributed by atoms with Gasteiger partial charge in [-0.2, -0.15) is 0 Å². The fourth-order valence-corrected chi connectivity index (χ4v) is 2.96. The van der Waals surface area contributed by atoms with Gasteiger partial charge in [-0.3, -0.25) is 14.4 Å². The summed E-state index contributed by atoms with van der Waals surface area (Å²) < 4.78 is 27.2. The van der Waals surface area contributed by atoms with Gasteiger partial charge in [0.2, 0.25) is 6.29 Å². The topological polar surface area (TPSA) is 146 Å². The average molecular weight is 421 g/mol. The van der Waals surface area contributed by atoms with E-state index in [4.69, 9.17) is 29.2 Å². The van der Waals surface area contributed by atoms with E-state index in [1.165, 1.54) is 13.8 Å². The highest BCUT2D eigenvalue weighted by atomic mass is 16.7. The summed E-state index contributed by atoms with van der Waals surface area (Å²) in [5.41, 5.74) is 9.80. The van der Waals surface area contributed by atoms with Crippen LogP contribution in [0.5, 0.6) is 0 Å². The summed E-state index contributed by atoms with van der Waals surface area (Å²) in [6.45, 7) is 3.41. The quantitative estimate of drug-likeness (QED) is 0.204. The molecule has 0 aliphatic carbocycles. The van der Waals surface area contributed by atoms with Gasteiger partial charge in [-0.15, -0.1) is 0 Å². The molecule has 11 heteroatoms. The van der Waals surface area contributed by atoms with E-state index < -0.39 is 48.6 Å². The van der Waals surface area contributed by atoms with Crippen LogP contribution < -0.4 is 0 Å². The number of benzene rings is 1. The molecule has 0 amide bonds. The predicted molar refractivity (Wildman–Crippen MR) is 101 cm³/mol. The zero-order valence-corrected chi connectivity index (χ0v) is 16.8. The third kappa shape index (κ3) is 6.73. The van der Waals surface area contributed by atoms with Gasteiger partial charge in [-0.25, -0.2) is 0 Å². The van der Waals surface area contributed by atoms with Crippen LogP contribution in [0.4, 0.5) is 0 Å². The molecule has 0 N–H and O–H groups in total. The van der Waals surface area contributed by atoms with Crippen molar-refractivity contribution < 1.29 is 38.1 Å². The molecule has 30 heavy (non-hydrogen) atoms. The summed E-state index contributed by atoms with van der Waals surface area (Å²) >= 11 is 0. The van der Waals surface area contributed by atoms with Crippen LogP contribution in [0.2, 0.25) is 0 Å². The monoisotopic (exact) mass is 421 g/mol. The number of azide groups is 1. The average Bonchev–Trinajstić information content (AvgIpc) is 2.68. The third-order valence-electron chi connectivity index (χ3n) is 4.12. The van der Waals surface area contributed by atoms with Gasteiger partial charge in [0.05, 0.1) is 6.61 Å². The Labute approximate surface area is 172 Å². The Hall–Kier alpha value is -3.14. The second-order valence-electron chi connectivity index (χ2n) is 6.49. The molecule has 0 spiro atoms. The number of nitrogens with zero attached hydrogens (tertiary/aromatic N) is 3. The summed E-state index contributed by atoms with van der Waals surface area (Å²) in [5, 5.41) is 3.60. The van der Waals surface area contributed by atoms with Gasteiger partial charge in [0, 0.05) is 25.7 Å². The van der Waals surface area contributed by atoms with Crippen LogP contribution in [-0.4, -0.2) is 55.2 Å². The van der Waals surface area contributed by atoms with Gasteiger partial charge >= 0.3 is 17.9 Å². The first kappa shape index (κ1) is 23.1. The smallest absolute Gasteiger partial charge is 0.304 e. The molecule has 0 aromatic heterocycles. The summed E-state index contributed by atoms with van der Waals surface area (Å²) in [6.07, 6.45) is -4.45. The van der Waals surface area contributed by atoms with E-state index in [1.54, 1.807) is 0 Å². The van der Waals surface area contributed by atoms with Gasteiger partial charge in [-0.05, 0) is 11.1 Å². The van der Waals surface area contributed by atoms with Crippen LogP contribution in [0, 0.1) is 0 Å². The fraction of sp³-hybridized carbons (Fsp3) is 0.526. The molecule has 0 radical (unpaired) electrons. The lowest BCUT2D eigenvalue weighted by atomic mass is 9.96. The highest BCUT2D eigenvalue weighted by Crippen LogP contribution is 2.30. The molecule has 1 aromatic carbocycles. The Bertz CT molecular complexity index is 796. The molecule has 2 rings (SSSR count). The lowest BCUT2D eigenvalue weighted by Crippen LogP contribution is -2.61. The van der Waals surface area contributed by atoms with Crippen LogP contribution in [0.1, 0.15) is 26.3 Å². The number of hydrogen-bond acceptors (Lipinski definition) is 9. The number of hydrogen-bond donors (Lipinski definition) is 0. The van der Waals surface area contributed by atoms with Gasteiger partial charge in [0.25, 0.3) is 0 Å². The standard InChI is InChI=1S/C19H23N3O8/c1-11(23)26-10-15-17(27-9-14-7-5-4-6-8-14)18(28-12(2)24)16(21-22-20)19(30-15)29-13(3)25/h4-8,15-19H,9-10H2,1-3H3/t15-,16-,17-,18-,19?/m1/s1. The molecular formula is C19H23N3O8. The molecule has 0 saturated carbocycles. The minimum Gasteiger partial charge on any atom is -0.463 e. The first-order valence-corrected chi connectivity index (χ1v) is 9.14. The zero-order valence-electron chi connectivity index (χ0n) is 16.8. The molecule has 5 atom stereocenters. The van der Waals surface area contributed by atoms with E-state index in [2.05, 4.69) is 10.0 Å². The molecule has 1 saturated heterocycles. The SMILES string of the molecule is CC(=O)OC[C@H]1OC(OC(C)=O)[C@H](N=[N+]=[N-])[C@@H](OC(C)=O)[C@@H]1OCc1ccccc1. The number of carbonyl (C=O) groups excluding carboxylic acids is 3. The Balaban J connectivity index is 2.36. The lowest BCUT2D eigenvalue weighted by molar-refractivity contribution is -0.272. The summed E-state index contributed by atoms with van der Waals surface area (Å²) in [4.78, 5) is 37.3. The van der Waals surface area contributed by atoms with Crippen LogP contribution in [-0.2, 0) is 44.7 Å². The fourth-order valence-electron chi connectivity index (χ4n) is 2.96. The predicted octanol–water partition coefficient (Wildman–Crippen LogP) is 2.03. The second kappa shape index (κ2) is 11.1. The largest absolute Gasteiger partial charge is 0.463 e. The van der Waals surface area contributed by atoms with Crippen molar-refractivity contribution in [2.75, 3.05) is 6.61 Å². The molecule has 1 aliphatic rings. The van der Waals surface area contributed by atoms with Crippen LogP contribution in [0.15, 0.2) is 35.4 Å². The van der Waals surface area contributed by atoms with Crippen molar-refractivity contribution in [2.45, 2.75) is 58.0 Å². The number of rotatable bonds is 8. The maximum absolute atomic E-state index is 11.7. The molecule has 1 aliphatic heterocycles. The number of esters is 3. The Morgan fingerprint density at radius 1 is 1.03 bits per heavy atom. The number of ether oxygens (including phenoxy) is 5. The summed E-state index contributed by atoms with van der Waals surface area (Å²) in [5.74, 6) is -1.93. The molecule has 1 fully saturated rings. The first-order valence-electron chi connectivity index (χ1n) is 9.14. The maximum Gasteiger partial charge on any atom is 0.304 e. The van der Waals surface area contributed by atoms with Crippen molar-refractivity contribution in [3.8, 4) is 0 Å². The van der Waals surface area contributed by atoms with Crippen LogP contribution in [0.25, 0.3) is 10.4 Å². The van der Waals surface area contributed by atoms with E-state index in [0.717, 1.165) is 12.5 Å². The van der Waals surface area contributed by atoms with E-state index >= 15 is 0 Å². The van der Waals surface area contributed by atoms with Crippen molar-refractivity contribution in [2.24, 2.45) is 5.11 Å². The van der Waals surface area contributed by atoms with Crippen molar-refractivity contribution in [3.63, 3.8) is 0 Å². The Morgan fingerprint density at radius 2 is 1.70 bits per heavy atom. The minimum absolute atomic E-state index is 0.115. The van der Waals surface area contributed by atoms with E-state index in [1.807, 2.05) is 30.3 Å². The molecule has 0 bridgehead atoms. The number of carbonyl (C=O) groups is 3. The van der Waals surface area contributed by atoms with Gasteiger partial charge < -0.3 is 23.7 Å². The van der Waals surface area contributed by atoms with Crippen molar-refractivity contribution in [3.05, 3.63) is 46.3 Å². The molecule has 11 nitrogen and oxygen atoms in total. The minimum atomic E-state index is -1.36. The molecular weight excluding hydrogens is 398 g/mol. The van der Waals surface area contributed by atoms with Crippen molar-refractivity contribution in [1.29, 1.82) is 0 Å². The van der Waals surface area contributed by atoms with E-state index in [9.17, 15) is 14.4 Å². The van der Waals surface area contributed by atoms with Crippen LogP contribution in [0.3, 0.4) is 0 Å². The van der Waals surface area contributed by atoms with Gasteiger partial charge in [0.1, 0.15) is 31.0 Å². The lowest BCUT2D eigenvalue weighted by Gasteiger charge is -2.43. The highest BCUT2D eigenvalue weighted by Gasteiger charge is 2.50. The van der Waals surface area contributed by atoms with Crippen molar-refractivity contribution >= 4 is 17.9 Å². The maximum atomic E-state index is 11.7. The van der Waals surface area contributed by atoms with E-state index in [-0.39, 0.29) is 13.2 Å². The Kier molecular flexibility index (Phi) is 8.60. The van der Waals surface area contributed by atoms with Crippen molar-refractivity contribution in [1.82, 2.24) is 0 Å². The Morgan fingerprint density at radius 3 is 2.27 bits per heavy atom. The molecule has 162 valence electrons. The molecule has 1 heterocycles. The molecule has 1 aromatic rings. The zero-order chi connectivity index (χ0) is 22.1. The molecule has 1 unspecified atom stereocenters. The van der Waals surface area contributed by atoms with Gasteiger partial charge in [-0.1, -0.05) is 35.4 Å². The third-order valence-corrected chi connectivity index (χ3v) is 4.12. The summed E-state index contributed by atoms with van der Waals surface area (Å²) in [7, 11) is 0. The van der Waals surface area contributed by atoms with Crippen LogP contribution >= 0.6 is 0 Å². The normalized spacial score (nSPS) is 25.5. The van der Waals surface area contributed by atoms with E-state index in [0.29, 0.717) is 0 Å².